The highest BCUT2D eigenvalue weighted by atomic mass is 32.2. The van der Waals surface area contributed by atoms with Gasteiger partial charge in [0.25, 0.3) is 9.84 Å². The lowest BCUT2D eigenvalue weighted by Crippen LogP contribution is -2.26. The SMILES string of the molecule is CCOP(=O)(CS(=O)(=O)C(F)(F)F)OC. The van der Waals surface area contributed by atoms with Gasteiger partial charge in [0.1, 0.15) is 0 Å². The number of halogens is 3. The Morgan fingerprint density at radius 2 is 1.80 bits per heavy atom. The first kappa shape index (κ1) is 14.9. The molecule has 0 aromatic heterocycles. The second kappa shape index (κ2) is 4.82. The first-order chi connectivity index (χ1) is 6.58. The Kier molecular flexibility index (Phi) is 4.78. The van der Waals surface area contributed by atoms with E-state index < -0.39 is 28.4 Å². The van der Waals surface area contributed by atoms with Gasteiger partial charge in [-0.2, -0.15) is 13.2 Å². The molecule has 5 nitrogen and oxygen atoms in total. The zero-order valence-corrected chi connectivity index (χ0v) is 9.66. The van der Waals surface area contributed by atoms with Gasteiger partial charge in [-0.15, -0.1) is 0 Å². The molecular formula is C5H10F3O5PS. The van der Waals surface area contributed by atoms with Crippen LogP contribution in [0.1, 0.15) is 6.92 Å². The van der Waals surface area contributed by atoms with E-state index in [0.717, 1.165) is 7.11 Å². The molecule has 1 atom stereocenters. The fraction of sp³-hybridized carbons (Fsp3) is 1.00. The maximum Gasteiger partial charge on any atom is 0.498 e. The Hall–Kier alpha value is -0.110. The third-order valence-electron chi connectivity index (χ3n) is 1.28. The van der Waals surface area contributed by atoms with Crippen LogP contribution in [-0.4, -0.2) is 33.1 Å². The van der Waals surface area contributed by atoms with E-state index in [4.69, 9.17) is 0 Å². The predicted molar refractivity (Wildman–Crippen MR) is 46.1 cm³/mol. The van der Waals surface area contributed by atoms with Gasteiger partial charge in [-0.25, -0.2) is 8.42 Å². The lowest BCUT2D eigenvalue weighted by atomic mass is 10.9. The van der Waals surface area contributed by atoms with Gasteiger partial charge in [-0.1, -0.05) is 0 Å². The standard InChI is InChI=1S/C5H10F3O5PS/c1-3-13-14(9,12-2)4-15(10,11)5(6,7)8/h3-4H2,1-2H3. The van der Waals surface area contributed by atoms with E-state index in [1.807, 2.05) is 0 Å². The summed E-state index contributed by atoms with van der Waals surface area (Å²) in [6, 6.07) is 0. The van der Waals surface area contributed by atoms with Gasteiger partial charge in [-0.05, 0) is 6.92 Å². The van der Waals surface area contributed by atoms with Crippen molar-refractivity contribution in [3.05, 3.63) is 0 Å². The van der Waals surface area contributed by atoms with Gasteiger partial charge >= 0.3 is 13.1 Å². The minimum atomic E-state index is -5.50. The first-order valence-electron chi connectivity index (χ1n) is 3.66. The Labute approximate surface area is 85.0 Å². The van der Waals surface area contributed by atoms with E-state index in [0.29, 0.717) is 0 Å². The van der Waals surface area contributed by atoms with E-state index >= 15 is 0 Å². The maximum absolute atomic E-state index is 11.9. The number of rotatable bonds is 5. The Balaban J connectivity index is 4.94. The van der Waals surface area contributed by atoms with E-state index in [-0.39, 0.29) is 6.61 Å². The minimum Gasteiger partial charge on any atom is -0.311 e. The average Bonchev–Trinajstić information content (AvgIpc) is 2.01. The minimum absolute atomic E-state index is 0.210. The molecule has 0 bridgehead atoms. The fourth-order valence-electron chi connectivity index (χ4n) is 0.621. The van der Waals surface area contributed by atoms with Crippen LogP contribution in [0.15, 0.2) is 0 Å². The summed E-state index contributed by atoms with van der Waals surface area (Å²) in [6.45, 7) is 1.14. The zero-order valence-electron chi connectivity index (χ0n) is 7.94. The molecule has 1 unspecified atom stereocenters. The molecule has 15 heavy (non-hydrogen) atoms. The summed E-state index contributed by atoms with van der Waals surface area (Å²) in [5.74, 6) is 0. The summed E-state index contributed by atoms with van der Waals surface area (Å²) in [5.41, 5.74) is -7.16. The quantitative estimate of drug-likeness (QED) is 0.712. The van der Waals surface area contributed by atoms with Crippen LogP contribution >= 0.6 is 7.60 Å². The predicted octanol–water partition coefficient (Wildman–Crippen LogP) is 1.75. The van der Waals surface area contributed by atoms with Crippen LogP contribution in [-0.2, 0) is 23.4 Å². The Morgan fingerprint density at radius 1 is 1.33 bits per heavy atom. The van der Waals surface area contributed by atoms with Crippen molar-refractivity contribution >= 4 is 17.4 Å². The van der Waals surface area contributed by atoms with Crippen molar-refractivity contribution in [2.75, 3.05) is 19.2 Å². The molecule has 0 aliphatic carbocycles. The molecule has 0 aliphatic rings. The van der Waals surface area contributed by atoms with Crippen molar-refractivity contribution in [2.45, 2.75) is 12.4 Å². The molecule has 92 valence electrons. The van der Waals surface area contributed by atoms with Crippen molar-refractivity contribution in [3.63, 3.8) is 0 Å². The highest BCUT2D eigenvalue weighted by molar-refractivity contribution is 7.98. The molecule has 0 fully saturated rings. The molecule has 0 saturated carbocycles. The number of hydrogen-bond acceptors (Lipinski definition) is 5. The maximum atomic E-state index is 11.9. The number of sulfone groups is 1. The second-order valence-electron chi connectivity index (χ2n) is 2.40. The molecule has 0 spiro atoms. The summed E-state index contributed by atoms with van der Waals surface area (Å²) in [5, 5.41) is 0. The van der Waals surface area contributed by atoms with Gasteiger partial charge in [0, 0.05) is 7.11 Å². The van der Waals surface area contributed by atoms with Crippen LogP contribution in [0, 0.1) is 0 Å². The third-order valence-corrected chi connectivity index (χ3v) is 5.82. The van der Waals surface area contributed by atoms with Crippen LogP contribution in [0.25, 0.3) is 0 Å². The van der Waals surface area contributed by atoms with Gasteiger partial charge in [0.2, 0.25) is 0 Å². The first-order valence-corrected chi connectivity index (χ1v) is 7.04. The van der Waals surface area contributed by atoms with E-state index in [1.54, 1.807) is 0 Å². The second-order valence-corrected chi connectivity index (χ2v) is 6.97. The van der Waals surface area contributed by atoms with E-state index in [9.17, 15) is 26.2 Å². The van der Waals surface area contributed by atoms with Crippen LogP contribution in [0.2, 0.25) is 0 Å². The molecule has 0 aromatic carbocycles. The zero-order chi connectivity index (χ0) is 12.3. The summed E-state index contributed by atoms with van der Waals surface area (Å²) in [6.07, 6.45) is 0. The molecule has 0 amide bonds. The lowest BCUT2D eigenvalue weighted by molar-refractivity contribution is -0.0433. The summed E-state index contributed by atoms with van der Waals surface area (Å²) < 4.78 is 76.9. The van der Waals surface area contributed by atoms with E-state index in [2.05, 4.69) is 9.05 Å². The molecule has 0 rings (SSSR count). The lowest BCUT2D eigenvalue weighted by Gasteiger charge is -2.16. The molecule has 0 aromatic rings. The summed E-state index contributed by atoms with van der Waals surface area (Å²) >= 11 is 0. The van der Waals surface area contributed by atoms with Crippen LogP contribution in [0.5, 0.6) is 0 Å². The largest absolute Gasteiger partial charge is 0.498 e. The molecule has 0 saturated heterocycles. The molecule has 0 heterocycles. The Bertz CT molecular complexity index is 348. The summed E-state index contributed by atoms with van der Waals surface area (Å²) in [4.78, 5) is 0. The Morgan fingerprint density at radius 3 is 2.07 bits per heavy atom. The number of hydrogen-bond donors (Lipinski definition) is 0. The molecule has 0 N–H and O–H groups in total. The van der Waals surface area contributed by atoms with Gasteiger partial charge in [0.15, 0.2) is 5.49 Å². The molecule has 10 heteroatoms. The monoisotopic (exact) mass is 270 g/mol. The van der Waals surface area contributed by atoms with Crippen molar-refractivity contribution in [1.29, 1.82) is 0 Å². The molecule has 0 aliphatic heterocycles. The average molecular weight is 270 g/mol. The van der Waals surface area contributed by atoms with E-state index in [1.165, 1.54) is 6.92 Å². The van der Waals surface area contributed by atoms with Crippen LogP contribution in [0.3, 0.4) is 0 Å². The third kappa shape index (κ3) is 4.10. The summed E-state index contributed by atoms with van der Waals surface area (Å²) in [7, 11) is -8.91. The van der Waals surface area contributed by atoms with Crippen LogP contribution < -0.4 is 0 Å². The van der Waals surface area contributed by atoms with Crippen molar-refractivity contribution < 1.29 is 35.2 Å². The topological polar surface area (TPSA) is 69.7 Å². The van der Waals surface area contributed by atoms with Gasteiger partial charge in [0.05, 0.1) is 6.61 Å². The van der Waals surface area contributed by atoms with Crippen LogP contribution in [0.4, 0.5) is 13.2 Å². The highest BCUT2D eigenvalue weighted by Gasteiger charge is 2.50. The molecule has 0 radical (unpaired) electrons. The van der Waals surface area contributed by atoms with Crippen molar-refractivity contribution in [1.82, 2.24) is 0 Å². The van der Waals surface area contributed by atoms with Crippen molar-refractivity contribution in [2.24, 2.45) is 0 Å². The van der Waals surface area contributed by atoms with Crippen molar-refractivity contribution in [3.8, 4) is 0 Å². The molecular weight excluding hydrogens is 260 g/mol. The highest BCUT2D eigenvalue weighted by Crippen LogP contribution is 2.50. The van der Waals surface area contributed by atoms with Gasteiger partial charge in [-0.3, -0.25) is 4.57 Å². The fourth-order valence-corrected chi connectivity index (χ4v) is 4.09. The van der Waals surface area contributed by atoms with Gasteiger partial charge < -0.3 is 9.05 Å². The smallest absolute Gasteiger partial charge is 0.311 e. The number of alkyl halides is 3. The normalized spacial score (nSPS) is 17.4.